The number of pyridine rings is 1. The minimum Gasteiger partial charge on any atom is -0.331 e. The Morgan fingerprint density at radius 3 is 2.48 bits per heavy atom. The Balaban J connectivity index is 1.78. The average molecular weight is 320 g/mol. The summed E-state index contributed by atoms with van der Waals surface area (Å²) in [6, 6.07) is 10.7. The lowest BCUT2D eigenvalue weighted by Crippen LogP contribution is -2.09. The SMILES string of the molecule is CS(=O)(=O)Nc1ccc(Nc2nc3cccnc3s2)cc1. The summed E-state index contributed by atoms with van der Waals surface area (Å²) in [5.74, 6) is 0. The summed E-state index contributed by atoms with van der Waals surface area (Å²) in [4.78, 5) is 9.53. The van der Waals surface area contributed by atoms with Crippen LogP contribution in [0, 0.1) is 0 Å². The molecule has 0 aliphatic heterocycles. The molecule has 2 N–H and O–H groups in total. The third-order valence-electron chi connectivity index (χ3n) is 2.61. The van der Waals surface area contributed by atoms with Crippen molar-refractivity contribution in [3.05, 3.63) is 42.6 Å². The van der Waals surface area contributed by atoms with E-state index in [4.69, 9.17) is 0 Å². The molecule has 6 nitrogen and oxygen atoms in total. The first-order chi connectivity index (χ1) is 9.99. The second kappa shape index (κ2) is 5.30. The van der Waals surface area contributed by atoms with Gasteiger partial charge in [-0.15, -0.1) is 0 Å². The van der Waals surface area contributed by atoms with Gasteiger partial charge in [0.2, 0.25) is 10.0 Å². The first kappa shape index (κ1) is 13.8. The second-order valence-electron chi connectivity index (χ2n) is 4.42. The standard InChI is InChI=1S/C13H12N4O2S2/c1-21(18,19)17-10-6-4-9(5-7-10)15-13-16-11-3-2-8-14-12(11)20-13/h2-8,17H,1H3,(H,15,16). The van der Waals surface area contributed by atoms with Crippen LogP contribution in [0.2, 0.25) is 0 Å². The van der Waals surface area contributed by atoms with E-state index in [-0.39, 0.29) is 0 Å². The molecule has 1 aromatic carbocycles. The number of fused-ring (bicyclic) bond motifs is 1. The van der Waals surface area contributed by atoms with Crippen LogP contribution in [0.25, 0.3) is 10.3 Å². The lowest BCUT2D eigenvalue weighted by molar-refractivity contribution is 0.607. The zero-order valence-electron chi connectivity index (χ0n) is 11.1. The van der Waals surface area contributed by atoms with Gasteiger partial charge in [0, 0.05) is 17.6 Å². The molecule has 0 spiro atoms. The van der Waals surface area contributed by atoms with Crippen LogP contribution >= 0.6 is 11.3 Å². The molecule has 0 fully saturated rings. The number of hydrogen-bond donors (Lipinski definition) is 2. The Morgan fingerprint density at radius 2 is 1.81 bits per heavy atom. The fraction of sp³-hybridized carbons (Fsp3) is 0.0769. The summed E-state index contributed by atoms with van der Waals surface area (Å²) in [5, 5.41) is 3.92. The van der Waals surface area contributed by atoms with Gasteiger partial charge in [-0.2, -0.15) is 0 Å². The van der Waals surface area contributed by atoms with E-state index in [1.807, 2.05) is 12.1 Å². The number of sulfonamides is 1. The maximum atomic E-state index is 11.1. The van der Waals surface area contributed by atoms with Gasteiger partial charge in [0.15, 0.2) is 5.13 Å². The second-order valence-corrected chi connectivity index (χ2v) is 7.15. The summed E-state index contributed by atoms with van der Waals surface area (Å²) < 4.78 is 24.7. The number of rotatable bonds is 4. The van der Waals surface area contributed by atoms with E-state index in [9.17, 15) is 8.42 Å². The summed E-state index contributed by atoms with van der Waals surface area (Å²) in [6.07, 6.45) is 2.85. The lowest BCUT2D eigenvalue weighted by atomic mass is 10.3. The highest BCUT2D eigenvalue weighted by molar-refractivity contribution is 7.92. The molecule has 3 rings (SSSR count). The minimum absolute atomic E-state index is 0.522. The zero-order valence-corrected chi connectivity index (χ0v) is 12.7. The number of nitrogens with zero attached hydrogens (tertiary/aromatic N) is 2. The Bertz CT molecular complexity index is 840. The fourth-order valence-corrected chi connectivity index (χ4v) is 3.17. The highest BCUT2D eigenvalue weighted by atomic mass is 32.2. The van der Waals surface area contributed by atoms with Gasteiger partial charge in [-0.25, -0.2) is 18.4 Å². The van der Waals surface area contributed by atoms with Crippen molar-refractivity contribution < 1.29 is 8.42 Å². The first-order valence-electron chi connectivity index (χ1n) is 6.06. The van der Waals surface area contributed by atoms with E-state index in [1.54, 1.807) is 30.5 Å². The fourth-order valence-electron chi connectivity index (χ4n) is 1.78. The molecule has 2 heterocycles. The number of hydrogen-bond acceptors (Lipinski definition) is 6. The van der Waals surface area contributed by atoms with Crippen molar-refractivity contribution in [2.75, 3.05) is 16.3 Å². The van der Waals surface area contributed by atoms with Gasteiger partial charge in [-0.05, 0) is 36.4 Å². The van der Waals surface area contributed by atoms with Crippen LogP contribution in [0.4, 0.5) is 16.5 Å². The van der Waals surface area contributed by atoms with Gasteiger partial charge in [-0.1, -0.05) is 11.3 Å². The molecule has 0 unspecified atom stereocenters. The minimum atomic E-state index is -3.26. The summed E-state index contributed by atoms with van der Waals surface area (Å²) in [7, 11) is -3.26. The quantitative estimate of drug-likeness (QED) is 0.772. The van der Waals surface area contributed by atoms with Crippen molar-refractivity contribution in [1.82, 2.24) is 9.97 Å². The van der Waals surface area contributed by atoms with Gasteiger partial charge < -0.3 is 5.32 Å². The van der Waals surface area contributed by atoms with Gasteiger partial charge in [0.05, 0.1) is 6.26 Å². The number of nitrogens with one attached hydrogen (secondary N) is 2. The molecule has 0 aliphatic carbocycles. The largest absolute Gasteiger partial charge is 0.331 e. The Kier molecular flexibility index (Phi) is 3.48. The van der Waals surface area contributed by atoms with Crippen molar-refractivity contribution in [3.8, 4) is 0 Å². The van der Waals surface area contributed by atoms with Gasteiger partial charge in [0.1, 0.15) is 10.3 Å². The van der Waals surface area contributed by atoms with E-state index >= 15 is 0 Å². The molecule has 0 radical (unpaired) electrons. The van der Waals surface area contributed by atoms with Crippen molar-refractivity contribution in [2.24, 2.45) is 0 Å². The summed E-state index contributed by atoms with van der Waals surface area (Å²) >= 11 is 1.46. The molecule has 108 valence electrons. The van der Waals surface area contributed by atoms with E-state index in [0.717, 1.165) is 27.4 Å². The molecule has 0 atom stereocenters. The van der Waals surface area contributed by atoms with Gasteiger partial charge in [0.25, 0.3) is 0 Å². The molecule has 0 saturated heterocycles. The number of aromatic nitrogens is 2. The Hall–Kier alpha value is -2.19. The molecule has 8 heteroatoms. The third kappa shape index (κ3) is 3.47. The Morgan fingerprint density at radius 1 is 1.10 bits per heavy atom. The maximum absolute atomic E-state index is 11.1. The van der Waals surface area contributed by atoms with Gasteiger partial charge in [-0.3, -0.25) is 4.72 Å². The third-order valence-corrected chi connectivity index (χ3v) is 4.11. The number of benzene rings is 1. The molecular weight excluding hydrogens is 308 g/mol. The first-order valence-corrected chi connectivity index (χ1v) is 8.77. The predicted molar refractivity (Wildman–Crippen MR) is 85.6 cm³/mol. The molecule has 3 aromatic rings. The zero-order chi connectivity index (χ0) is 14.9. The predicted octanol–water partition coefficient (Wildman–Crippen LogP) is 2.81. The molecular formula is C13H12N4O2S2. The smallest absolute Gasteiger partial charge is 0.229 e. The number of thiazole rings is 1. The average Bonchev–Trinajstić information content (AvgIpc) is 2.81. The van der Waals surface area contributed by atoms with Crippen LogP contribution in [-0.4, -0.2) is 24.6 Å². The van der Waals surface area contributed by atoms with Crippen molar-refractivity contribution in [1.29, 1.82) is 0 Å². The molecule has 21 heavy (non-hydrogen) atoms. The number of anilines is 3. The van der Waals surface area contributed by atoms with E-state index < -0.39 is 10.0 Å². The Labute approximate surface area is 125 Å². The lowest BCUT2D eigenvalue weighted by Gasteiger charge is -2.06. The molecule has 2 aromatic heterocycles. The van der Waals surface area contributed by atoms with Crippen LogP contribution in [0.15, 0.2) is 42.6 Å². The molecule has 0 amide bonds. The topological polar surface area (TPSA) is 84.0 Å². The normalized spacial score (nSPS) is 11.5. The molecule has 0 saturated carbocycles. The van der Waals surface area contributed by atoms with Crippen LogP contribution in [0.3, 0.4) is 0 Å². The monoisotopic (exact) mass is 320 g/mol. The van der Waals surface area contributed by atoms with Crippen molar-refractivity contribution >= 4 is 48.2 Å². The molecule has 0 aliphatic rings. The van der Waals surface area contributed by atoms with E-state index in [2.05, 4.69) is 20.0 Å². The highest BCUT2D eigenvalue weighted by Crippen LogP contribution is 2.27. The van der Waals surface area contributed by atoms with Crippen molar-refractivity contribution in [2.45, 2.75) is 0 Å². The van der Waals surface area contributed by atoms with E-state index in [0.29, 0.717) is 5.69 Å². The summed E-state index contributed by atoms with van der Waals surface area (Å²) in [5.41, 5.74) is 2.20. The van der Waals surface area contributed by atoms with Crippen LogP contribution in [0.1, 0.15) is 0 Å². The van der Waals surface area contributed by atoms with E-state index in [1.165, 1.54) is 11.3 Å². The maximum Gasteiger partial charge on any atom is 0.229 e. The molecule has 0 bridgehead atoms. The van der Waals surface area contributed by atoms with Crippen LogP contribution < -0.4 is 10.0 Å². The van der Waals surface area contributed by atoms with Crippen LogP contribution in [0.5, 0.6) is 0 Å². The summed E-state index contributed by atoms with van der Waals surface area (Å²) in [6.45, 7) is 0. The van der Waals surface area contributed by atoms with Crippen LogP contribution in [-0.2, 0) is 10.0 Å². The highest BCUT2D eigenvalue weighted by Gasteiger charge is 2.05. The van der Waals surface area contributed by atoms with Gasteiger partial charge >= 0.3 is 0 Å². The van der Waals surface area contributed by atoms with Crippen molar-refractivity contribution in [3.63, 3.8) is 0 Å².